The van der Waals surface area contributed by atoms with Crippen molar-refractivity contribution in [3.8, 4) is 23.3 Å². The predicted molar refractivity (Wildman–Crippen MR) is 134 cm³/mol. The predicted octanol–water partition coefficient (Wildman–Crippen LogP) is 4.89. The zero-order valence-electron chi connectivity index (χ0n) is 19.2. The van der Waals surface area contributed by atoms with Gasteiger partial charge in [-0.25, -0.2) is 0 Å². The molecular weight excluding hydrogens is 472 g/mol. The normalized spacial score (nSPS) is 11.0. The van der Waals surface area contributed by atoms with Crippen molar-refractivity contribution in [2.45, 2.75) is 19.0 Å². The fourth-order valence-electron chi connectivity index (χ4n) is 3.04. The molecule has 0 aliphatic heterocycles. The first-order valence-electron chi connectivity index (χ1n) is 10.2. The van der Waals surface area contributed by atoms with Crippen molar-refractivity contribution in [3.05, 3.63) is 58.7 Å². The Morgan fingerprint density at radius 2 is 1.88 bits per heavy atom. The van der Waals surface area contributed by atoms with E-state index in [1.165, 1.54) is 24.9 Å². The van der Waals surface area contributed by atoms with Gasteiger partial charge in [-0.1, -0.05) is 23.9 Å². The third-order valence-electron chi connectivity index (χ3n) is 4.48. The number of methoxy groups -OCH3 is 1. The molecule has 0 saturated carbocycles. The lowest BCUT2D eigenvalue weighted by atomic mass is 10.1. The molecule has 0 aliphatic rings. The number of carbonyl (C=O) groups excluding carboxylic acids is 1. The minimum absolute atomic E-state index is 0.0709. The SMILES string of the molecule is COc1cc(C=C(C#N)C(=O)Nc2nc(SC)ns2)ccc1OCCOc1cc(C)cc(C)c1. The number of carbonyl (C=O) groups is 1. The van der Waals surface area contributed by atoms with E-state index in [2.05, 4.69) is 20.7 Å². The molecule has 3 rings (SSSR count). The van der Waals surface area contributed by atoms with Gasteiger partial charge in [-0.3, -0.25) is 10.1 Å². The van der Waals surface area contributed by atoms with Crippen molar-refractivity contribution >= 4 is 40.4 Å². The summed E-state index contributed by atoms with van der Waals surface area (Å²) in [6.45, 7) is 4.74. The molecule has 0 unspecified atom stereocenters. The Kier molecular flexibility index (Phi) is 8.90. The second-order valence-corrected chi connectivity index (χ2v) is 8.67. The van der Waals surface area contributed by atoms with Gasteiger partial charge in [0.25, 0.3) is 5.91 Å². The van der Waals surface area contributed by atoms with Crippen LogP contribution in [0.3, 0.4) is 0 Å². The average Bonchev–Trinajstić information content (AvgIpc) is 3.27. The van der Waals surface area contributed by atoms with Crippen LogP contribution in [0.2, 0.25) is 0 Å². The van der Waals surface area contributed by atoms with Gasteiger partial charge in [-0.15, -0.1) is 0 Å². The highest BCUT2D eigenvalue weighted by Gasteiger charge is 2.14. The topological polar surface area (TPSA) is 106 Å². The van der Waals surface area contributed by atoms with Gasteiger partial charge in [0.05, 0.1) is 7.11 Å². The van der Waals surface area contributed by atoms with Crippen LogP contribution >= 0.6 is 23.3 Å². The van der Waals surface area contributed by atoms with Gasteiger partial charge >= 0.3 is 0 Å². The molecule has 0 bridgehead atoms. The highest BCUT2D eigenvalue weighted by Crippen LogP contribution is 2.29. The largest absolute Gasteiger partial charge is 0.493 e. The lowest BCUT2D eigenvalue weighted by Gasteiger charge is -2.13. The molecule has 1 amide bonds. The molecule has 2 aromatic carbocycles. The Hall–Kier alpha value is -3.55. The average molecular weight is 497 g/mol. The van der Waals surface area contributed by atoms with Gasteiger partial charge in [-0.05, 0) is 67.1 Å². The fourth-order valence-corrected chi connectivity index (χ4v) is 4.17. The lowest BCUT2D eigenvalue weighted by Crippen LogP contribution is -2.13. The monoisotopic (exact) mass is 496 g/mol. The Bertz CT molecular complexity index is 1210. The molecule has 10 heteroatoms. The highest BCUT2D eigenvalue weighted by molar-refractivity contribution is 7.98. The zero-order chi connectivity index (χ0) is 24.5. The van der Waals surface area contributed by atoms with Crippen LogP contribution in [0.15, 0.2) is 47.1 Å². The second kappa shape index (κ2) is 12.1. The Morgan fingerprint density at radius 1 is 1.15 bits per heavy atom. The van der Waals surface area contributed by atoms with E-state index >= 15 is 0 Å². The van der Waals surface area contributed by atoms with Crippen molar-refractivity contribution in [1.29, 1.82) is 5.26 Å². The number of nitrogens with one attached hydrogen (secondary N) is 1. The van der Waals surface area contributed by atoms with Crippen molar-refractivity contribution in [1.82, 2.24) is 9.36 Å². The standard InChI is InChI=1S/C24H24N4O4S2/c1-15-9-16(2)11-19(10-15)31-7-8-32-20-6-5-17(13-21(20)30-3)12-18(14-25)22(29)26-23-27-24(33-4)28-34-23/h5-6,9-13H,7-8H2,1-4H3,(H,26,27,28,29). The Labute approximate surface area is 206 Å². The van der Waals surface area contributed by atoms with E-state index in [0.717, 1.165) is 28.4 Å². The number of hydrogen-bond donors (Lipinski definition) is 1. The summed E-state index contributed by atoms with van der Waals surface area (Å²) in [5.41, 5.74) is 2.82. The summed E-state index contributed by atoms with van der Waals surface area (Å²) in [7, 11) is 1.53. The molecule has 176 valence electrons. The molecule has 1 N–H and O–H groups in total. The molecular formula is C24H24N4O4S2. The molecule has 0 fully saturated rings. The summed E-state index contributed by atoms with van der Waals surface area (Å²) in [4.78, 5) is 16.6. The van der Waals surface area contributed by atoms with E-state index in [1.54, 1.807) is 18.2 Å². The second-order valence-electron chi connectivity index (χ2n) is 7.14. The molecule has 0 spiro atoms. The molecule has 0 atom stereocenters. The molecule has 8 nitrogen and oxygen atoms in total. The quantitative estimate of drug-likeness (QED) is 0.183. The summed E-state index contributed by atoms with van der Waals surface area (Å²) < 4.78 is 21.1. The van der Waals surface area contributed by atoms with Crippen molar-refractivity contribution in [2.75, 3.05) is 31.9 Å². The highest BCUT2D eigenvalue weighted by atomic mass is 32.2. The zero-order valence-corrected chi connectivity index (χ0v) is 20.9. The first kappa shape index (κ1) is 25.1. The van der Waals surface area contributed by atoms with Crippen LogP contribution in [0.1, 0.15) is 16.7 Å². The molecule has 0 aliphatic carbocycles. The van der Waals surface area contributed by atoms with Crippen LogP contribution in [0.25, 0.3) is 6.08 Å². The number of ether oxygens (including phenoxy) is 3. The molecule has 1 heterocycles. The Balaban J connectivity index is 1.62. The summed E-state index contributed by atoms with van der Waals surface area (Å²) in [6, 6.07) is 13.1. The number of rotatable bonds is 10. The van der Waals surface area contributed by atoms with Crippen LogP contribution < -0.4 is 19.5 Å². The van der Waals surface area contributed by atoms with E-state index < -0.39 is 5.91 Å². The summed E-state index contributed by atoms with van der Waals surface area (Å²) in [5, 5.41) is 12.9. The first-order chi connectivity index (χ1) is 16.4. The van der Waals surface area contributed by atoms with Crippen LogP contribution in [0.4, 0.5) is 5.13 Å². The van der Waals surface area contributed by atoms with Gasteiger partial charge in [0.2, 0.25) is 10.3 Å². The van der Waals surface area contributed by atoms with Gasteiger partial charge in [0.15, 0.2) is 11.5 Å². The molecule has 34 heavy (non-hydrogen) atoms. The summed E-state index contributed by atoms with van der Waals surface area (Å²) in [5.74, 6) is 1.25. The first-order valence-corrected chi connectivity index (χ1v) is 12.2. The number of thioether (sulfide) groups is 1. The number of nitriles is 1. The summed E-state index contributed by atoms with van der Waals surface area (Å²) >= 11 is 2.43. The third-order valence-corrected chi connectivity index (χ3v) is 5.77. The molecule has 3 aromatic rings. The number of anilines is 1. The third kappa shape index (κ3) is 6.97. The van der Waals surface area contributed by atoms with E-state index in [-0.39, 0.29) is 5.57 Å². The molecule has 1 aromatic heterocycles. The van der Waals surface area contributed by atoms with Gasteiger partial charge < -0.3 is 14.2 Å². The minimum atomic E-state index is -0.561. The van der Waals surface area contributed by atoms with Gasteiger partial charge in [-0.2, -0.15) is 14.6 Å². The number of aromatic nitrogens is 2. The van der Waals surface area contributed by atoms with E-state index in [9.17, 15) is 10.1 Å². The van der Waals surface area contributed by atoms with Gasteiger partial charge in [0.1, 0.15) is 30.6 Å². The minimum Gasteiger partial charge on any atom is -0.493 e. The smallest absolute Gasteiger partial charge is 0.268 e. The number of hydrogen-bond acceptors (Lipinski definition) is 9. The van der Waals surface area contributed by atoms with Crippen LogP contribution in [-0.2, 0) is 4.79 Å². The van der Waals surface area contributed by atoms with E-state index in [1.807, 2.05) is 38.3 Å². The number of aryl methyl sites for hydroxylation is 2. The van der Waals surface area contributed by atoms with Crippen LogP contribution in [0, 0.1) is 25.2 Å². The number of benzene rings is 2. The van der Waals surface area contributed by atoms with E-state index in [0.29, 0.717) is 40.6 Å². The molecule has 0 saturated heterocycles. The van der Waals surface area contributed by atoms with Crippen LogP contribution in [-0.4, -0.2) is 41.8 Å². The van der Waals surface area contributed by atoms with Crippen molar-refractivity contribution < 1.29 is 19.0 Å². The molecule has 0 radical (unpaired) electrons. The lowest BCUT2D eigenvalue weighted by molar-refractivity contribution is -0.112. The Morgan fingerprint density at radius 3 is 2.53 bits per heavy atom. The maximum Gasteiger partial charge on any atom is 0.268 e. The van der Waals surface area contributed by atoms with E-state index in [4.69, 9.17) is 14.2 Å². The summed E-state index contributed by atoms with van der Waals surface area (Å²) in [6.07, 6.45) is 3.31. The van der Waals surface area contributed by atoms with Gasteiger partial charge in [0, 0.05) is 11.5 Å². The van der Waals surface area contributed by atoms with Crippen molar-refractivity contribution in [2.24, 2.45) is 0 Å². The maximum absolute atomic E-state index is 12.5. The number of amides is 1. The maximum atomic E-state index is 12.5. The fraction of sp³-hybridized carbons (Fsp3) is 0.250. The van der Waals surface area contributed by atoms with Crippen molar-refractivity contribution in [3.63, 3.8) is 0 Å². The number of nitrogens with zero attached hydrogens (tertiary/aromatic N) is 3. The van der Waals surface area contributed by atoms with Crippen LogP contribution in [0.5, 0.6) is 17.2 Å².